The number of fused-ring (bicyclic) bond motifs is 1. The fraction of sp³-hybridized carbons (Fsp3) is 0.600. The minimum atomic E-state index is -3.80. The van der Waals surface area contributed by atoms with Gasteiger partial charge in [0.05, 0.1) is 19.2 Å². The Morgan fingerprint density at radius 2 is 2.24 bits per heavy atom. The average Bonchev–Trinajstić information content (AvgIpc) is 2.87. The number of aromatic nitrogens is 3. The fourth-order valence-electron chi connectivity index (χ4n) is 2.93. The number of rotatable bonds is 3. The summed E-state index contributed by atoms with van der Waals surface area (Å²) in [6.07, 6.45) is 2.68. The van der Waals surface area contributed by atoms with Gasteiger partial charge in [0.1, 0.15) is 10.1 Å². The van der Waals surface area contributed by atoms with Crippen LogP contribution in [0.3, 0.4) is 0 Å². The highest BCUT2D eigenvalue weighted by Gasteiger charge is 2.70. The van der Waals surface area contributed by atoms with Crippen molar-refractivity contribution in [2.75, 3.05) is 0 Å². The minimum Gasteiger partial charge on any atom is -0.480 e. The quantitative estimate of drug-likeness (QED) is 0.612. The van der Waals surface area contributed by atoms with Gasteiger partial charge in [-0.05, 0) is 6.92 Å². The number of amides is 1. The highest BCUT2D eigenvalue weighted by atomic mass is 32.2. The van der Waals surface area contributed by atoms with E-state index in [1.165, 1.54) is 24.0 Å². The number of hydrogen-bond donors (Lipinski definition) is 1. The molecule has 0 aromatic carbocycles. The summed E-state index contributed by atoms with van der Waals surface area (Å²) in [6, 6.07) is -1.40. The average molecular weight is 318 g/mol. The molecule has 3 rings (SSSR count). The summed E-state index contributed by atoms with van der Waals surface area (Å²) in [5.41, 5.74) is 0. The standard InChI is InChI=1S/C10H12N4O5S.H2O/c1-10(5-13-3-2-11-12-13)8(9(16)17)14-6(15)4-7(14)20(10,18)19;/h2-3,7-8H,4-5H2,1H3,(H,16,17);1H2/t7-,8+,10+;/m1./s1. The van der Waals surface area contributed by atoms with E-state index in [9.17, 15) is 23.1 Å². The van der Waals surface area contributed by atoms with Gasteiger partial charge in [-0.15, -0.1) is 5.10 Å². The van der Waals surface area contributed by atoms with Crippen LogP contribution in [-0.4, -0.2) is 66.9 Å². The number of hydrogen-bond acceptors (Lipinski definition) is 6. The third-order valence-corrected chi connectivity index (χ3v) is 6.76. The molecular weight excluding hydrogens is 304 g/mol. The zero-order valence-electron chi connectivity index (χ0n) is 11.0. The molecule has 116 valence electrons. The fourth-order valence-corrected chi connectivity index (χ4v) is 5.29. The Bertz CT molecular complexity index is 686. The zero-order chi connectivity index (χ0) is 14.7. The maximum absolute atomic E-state index is 12.5. The molecule has 0 unspecified atom stereocenters. The molecule has 1 amide bonds. The Labute approximate surface area is 119 Å². The maximum atomic E-state index is 12.5. The van der Waals surface area contributed by atoms with Crippen molar-refractivity contribution in [2.45, 2.75) is 36.1 Å². The molecule has 21 heavy (non-hydrogen) atoms. The van der Waals surface area contributed by atoms with Gasteiger partial charge in [-0.25, -0.2) is 13.2 Å². The van der Waals surface area contributed by atoms with E-state index in [0.717, 1.165) is 4.90 Å². The topological polar surface area (TPSA) is 154 Å². The first-order valence-electron chi connectivity index (χ1n) is 5.90. The largest absolute Gasteiger partial charge is 0.480 e. The molecule has 3 atom stereocenters. The molecule has 1 aromatic rings. The summed E-state index contributed by atoms with van der Waals surface area (Å²) in [4.78, 5) is 24.0. The van der Waals surface area contributed by atoms with Crippen molar-refractivity contribution in [3.63, 3.8) is 0 Å². The molecule has 2 aliphatic rings. The predicted molar refractivity (Wildman–Crippen MR) is 67.6 cm³/mol. The molecule has 10 nitrogen and oxygen atoms in total. The smallest absolute Gasteiger partial charge is 0.328 e. The number of carbonyl (C=O) groups is 2. The van der Waals surface area contributed by atoms with Crippen LogP contribution in [-0.2, 0) is 26.0 Å². The van der Waals surface area contributed by atoms with Crippen molar-refractivity contribution >= 4 is 21.7 Å². The lowest BCUT2D eigenvalue weighted by Gasteiger charge is -2.35. The van der Waals surface area contributed by atoms with Gasteiger partial charge < -0.3 is 15.5 Å². The first-order valence-corrected chi connectivity index (χ1v) is 7.45. The number of carbonyl (C=O) groups excluding carboxylic acids is 1. The summed E-state index contributed by atoms with van der Waals surface area (Å²) in [5.74, 6) is -1.78. The number of aliphatic carboxylic acids is 1. The molecule has 3 N–H and O–H groups in total. The van der Waals surface area contributed by atoms with Gasteiger partial charge in [-0.1, -0.05) is 5.21 Å². The summed E-state index contributed by atoms with van der Waals surface area (Å²) in [7, 11) is -3.80. The molecule has 1 aromatic heterocycles. The molecule has 0 radical (unpaired) electrons. The minimum absolute atomic E-state index is 0. The van der Waals surface area contributed by atoms with Crippen molar-refractivity contribution in [3.8, 4) is 0 Å². The lowest BCUT2D eigenvalue weighted by molar-refractivity contribution is -0.157. The lowest BCUT2D eigenvalue weighted by Crippen LogP contribution is -2.58. The Hall–Kier alpha value is -2.01. The van der Waals surface area contributed by atoms with Crippen LogP contribution in [0, 0.1) is 0 Å². The van der Waals surface area contributed by atoms with Gasteiger partial charge in [0.25, 0.3) is 0 Å². The monoisotopic (exact) mass is 318 g/mol. The van der Waals surface area contributed by atoms with E-state index in [-0.39, 0.29) is 18.4 Å². The number of nitrogens with zero attached hydrogens (tertiary/aromatic N) is 4. The third-order valence-electron chi connectivity index (χ3n) is 3.99. The number of sulfone groups is 1. The normalized spacial score (nSPS) is 33.0. The number of carboxylic acids is 1. The van der Waals surface area contributed by atoms with Gasteiger partial charge in [0.2, 0.25) is 5.91 Å². The molecule has 3 heterocycles. The van der Waals surface area contributed by atoms with Crippen molar-refractivity contribution in [3.05, 3.63) is 12.4 Å². The van der Waals surface area contributed by atoms with Crippen LogP contribution in [0.5, 0.6) is 0 Å². The van der Waals surface area contributed by atoms with Crippen LogP contribution < -0.4 is 0 Å². The Kier molecular flexibility index (Phi) is 3.29. The maximum Gasteiger partial charge on any atom is 0.328 e. The molecular formula is C10H14N4O6S. The number of carboxylic acid groups (broad SMARTS) is 1. The second-order valence-electron chi connectivity index (χ2n) is 5.16. The van der Waals surface area contributed by atoms with Crippen LogP contribution in [0.4, 0.5) is 0 Å². The van der Waals surface area contributed by atoms with Gasteiger partial charge in [-0.2, -0.15) is 0 Å². The van der Waals surface area contributed by atoms with E-state index in [2.05, 4.69) is 10.3 Å². The Morgan fingerprint density at radius 3 is 2.71 bits per heavy atom. The molecule has 0 bridgehead atoms. The van der Waals surface area contributed by atoms with E-state index >= 15 is 0 Å². The SMILES string of the molecule is C[C@]1(Cn2ccnn2)[C@H](C(=O)O)N2C(=O)C[C@H]2S1(=O)=O.O. The molecule has 0 saturated carbocycles. The van der Waals surface area contributed by atoms with E-state index in [1.807, 2.05) is 0 Å². The van der Waals surface area contributed by atoms with Crippen molar-refractivity contribution in [1.82, 2.24) is 19.9 Å². The lowest BCUT2D eigenvalue weighted by atomic mass is 9.96. The molecule has 2 fully saturated rings. The number of β-lactam (4-membered cyclic amide) rings is 1. The molecule has 0 aliphatic carbocycles. The van der Waals surface area contributed by atoms with Crippen molar-refractivity contribution in [1.29, 1.82) is 0 Å². The molecule has 2 saturated heterocycles. The van der Waals surface area contributed by atoms with Crippen LogP contribution in [0.15, 0.2) is 12.4 Å². The second-order valence-corrected chi connectivity index (χ2v) is 7.73. The van der Waals surface area contributed by atoms with Gasteiger partial charge >= 0.3 is 5.97 Å². The predicted octanol–water partition coefficient (Wildman–Crippen LogP) is -2.35. The Morgan fingerprint density at radius 1 is 1.57 bits per heavy atom. The molecule has 11 heteroatoms. The molecule has 0 spiro atoms. The van der Waals surface area contributed by atoms with Crippen molar-refractivity contribution in [2.24, 2.45) is 0 Å². The van der Waals surface area contributed by atoms with E-state index in [4.69, 9.17) is 0 Å². The first kappa shape index (κ1) is 15.4. The van der Waals surface area contributed by atoms with Crippen LogP contribution in [0.1, 0.15) is 13.3 Å². The first-order chi connectivity index (χ1) is 9.29. The van der Waals surface area contributed by atoms with Gasteiger partial charge in [0, 0.05) is 6.20 Å². The van der Waals surface area contributed by atoms with Crippen LogP contribution in [0.2, 0.25) is 0 Å². The Balaban J connectivity index is 0.00000161. The summed E-state index contributed by atoms with van der Waals surface area (Å²) >= 11 is 0. The van der Waals surface area contributed by atoms with E-state index in [0.29, 0.717) is 0 Å². The van der Waals surface area contributed by atoms with Crippen LogP contribution >= 0.6 is 0 Å². The highest BCUT2D eigenvalue weighted by Crippen LogP contribution is 2.46. The van der Waals surface area contributed by atoms with Crippen molar-refractivity contribution < 1.29 is 28.6 Å². The molecule has 2 aliphatic heterocycles. The van der Waals surface area contributed by atoms with E-state index < -0.39 is 37.9 Å². The van der Waals surface area contributed by atoms with Gasteiger partial charge in [0.15, 0.2) is 15.9 Å². The third kappa shape index (κ3) is 1.77. The second kappa shape index (κ2) is 4.49. The zero-order valence-corrected chi connectivity index (χ0v) is 11.8. The highest BCUT2D eigenvalue weighted by molar-refractivity contribution is 7.93. The van der Waals surface area contributed by atoms with Crippen LogP contribution in [0.25, 0.3) is 0 Å². The van der Waals surface area contributed by atoms with Gasteiger partial charge in [-0.3, -0.25) is 9.48 Å². The van der Waals surface area contributed by atoms with E-state index in [1.54, 1.807) is 0 Å². The summed E-state index contributed by atoms with van der Waals surface area (Å²) in [6.45, 7) is 1.18. The summed E-state index contributed by atoms with van der Waals surface area (Å²) in [5, 5.41) is 15.6. The summed E-state index contributed by atoms with van der Waals surface area (Å²) < 4.78 is 24.7.